The molecule has 0 spiro atoms. The van der Waals surface area contributed by atoms with E-state index in [2.05, 4.69) is 0 Å². The SMILES string of the molecule is CC1=CC(F)=C(C)C(Cl)=CC1C. The van der Waals surface area contributed by atoms with Crippen LogP contribution in [0.4, 0.5) is 4.39 Å². The normalized spacial score (nSPS) is 24.9. The lowest BCUT2D eigenvalue weighted by Gasteiger charge is -2.03. The Morgan fingerprint density at radius 2 is 2.00 bits per heavy atom. The van der Waals surface area contributed by atoms with Crippen LogP contribution >= 0.6 is 11.6 Å². The number of halogens is 2. The first-order valence-electron chi connectivity index (χ1n) is 3.94. The molecule has 0 bridgehead atoms. The molecule has 2 heteroatoms. The molecule has 0 aromatic rings. The number of allylic oxidation sites excluding steroid dienone is 6. The molecule has 1 rings (SSSR count). The van der Waals surface area contributed by atoms with Gasteiger partial charge >= 0.3 is 0 Å². The van der Waals surface area contributed by atoms with E-state index in [9.17, 15) is 4.39 Å². The van der Waals surface area contributed by atoms with E-state index in [4.69, 9.17) is 11.6 Å². The molecule has 0 heterocycles. The summed E-state index contributed by atoms with van der Waals surface area (Å²) in [5.74, 6) is -0.00111. The summed E-state index contributed by atoms with van der Waals surface area (Å²) in [6.45, 7) is 5.60. The van der Waals surface area contributed by atoms with Crippen molar-refractivity contribution in [3.63, 3.8) is 0 Å². The first-order valence-corrected chi connectivity index (χ1v) is 4.32. The standard InChI is InChI=1S/C10H12ClF/c1-6-4-9(11)8(3)10(12)5-7(6)2/h4-6H,1-3H3. The lowest BCUT2D eigenvalue weighted by Crippen LogP contribution is -1.90. The Hall–Kier alpha value is -0.560. The highest BCUT2D eigenvalue weighted by atomic mass is 35.5. The minimum Gasteiger partial charge on any atom is -0.207 e. The zero-order valence-electron chi connectivity index (χ0n) is 7.49. The minimum atomic E-state index is -0.224. The molecule has 1 aliphatic carbocycles. The van der Waals surface area contributed by atoms with E-state index >= 15 is 0 Å². The van der Waals surface area contributed by atoms with Crippen LogP contribution in [0.15, 0.2) is 34.2 Å². The van der Waals surface area contributed by atoms with Crippen molar-refractivity contribution in [3.05, 3.63) is 34.2 Å². The van der Waals surface area contributed by atoms with Crippen molar-refractivity contribution in [2.24, 2.45) is 5.92 Å². The van der Waals surface area contributed by atoms with Gasteiger partial charge in [-0.15, -0.1) is 0 Å². The maximum Gasteiger partial charge on any atom is 0.127 e. The second-order valence-electron chi connectivity index (χ2n) is 3.16. The number of hydrogen-bond donors (Lipinski definition) is 0. The van der Waals surface area contributed by atoms with E-state index in [0.29, 0.717) is 10.6 Å². The lowest BCUT2D eigenvalue weighted by atomic mass is 10.0. The van der Waals surface area contributed by atoms with Gasteiger partial charge in [-0.3, -0.25) is 0 Å². The maximum atomic E-state index is 13.2. The lowest BCUT2D eigenvalue weighted by molar-refractivity contribution is 0.655. The van der Waals surface area contributed by atoms with Gasteiger partial charge in [-0.1, -0.05) is 30.2 Å². The van der Waals surface area contributed by atoms with Crippen LogP contribution in [0.3, 0.4) is 0 Å². The number of rotatable bonds is 0. The third-order valence-corrected chi connectivity index (χ3v) is 2.59. The summed E-state index contributed by atoms with van der Waals surface area (Å²) in [6.07, 6.45) is 3.42. The van der Waals surface area contributed by atoms with Gasteiger partial charge in [0.15, 0.2) is 0 Å². The van der Waals surface area contributed by atoms with Gasteiger partial charge in [-0.25, -0.2) is 4.39 Å². The van der Waals surface area contributed by atoms with Gasteiger partial charge in [0.05, 0.1) is 0 Å². The monoisotopic (exact) mass is 186 g/mol. The van der Waals surface area contributed by atoms with E-state index in [1.165, 1.54) is 0 Å². The summed E-state index contributed by atoms with van der Waals surface area (Å²) in [5, 5.41) is 0.521. The van der Waals surface area contributed by atoms with Gasteiger partial charge in [0, 0.05) is 10.6 Å². The van der Waals surface area contributed by atoms with E-state index in [1.54, 1.807) is 13.0 Å². The second kappa shape index (κ2) is 3.44. The van der Waals surface area contributed by atoms with E-state index in [0.717, 1.165) is 5.57 Å². The summed E-state index contributed by atoms with van der Waals surface area (Å²) in [4.78, 5) is 0. The van der Waals surface area contributed by atoms with Crippen molar-refractivity contribution < 1.29 is 4.39 Å². The van der Waals surface area contributed by atoms with Gasteiger partial charge < -0.3 is 0 Å². The summed E-state index contributed by atoms with van der Waals surface area (Å²) < 4.78 is 13.2. The molecule has 0 nitrogen and oxygen atoms in total. The van der Waals surface area contributed by atoms with E-state index in [1.807, 2.05) is 19.9 Å². The van der Waals surface area contributed by atoms with Crippen molar-refractivity contribution in [1.29, 1.82) is 0 Å². The molecule has 0 fully saturated rings. The van der Waals surface area contributed by atoms with Crippen molar-refractivity contribution in [3.8, 4) is 0 Å². The van der Waals surface area contributed by atoms with Crippen LogP contribution in [0.1, 0.15) is 20.8 Å². The molecule has 0 aliphatic heterocycles. The smallest absolute Gasteiger partial charge is 0.127 e. The summed E-state index contributed by atoms with van der Waals surface area (Å²) in [7, 11) is 0. The van der Waals surface area contributed by atoms with Crippen LogP contribution in [0.2, 0.25) is 0 Å². The Bertz CT molecular complexity index is 284. The maximum absolute atomic E-state index is 13.2. The molecule has 1 aliphatic rings. The zero-order chi connectivity index (χ0) is 9.30. The van der Waals surface area contributed by atoms with E-state index < -0.39 is 0 Å². The van der Waals surface area contributed by atoms with Crippen molar-refractivity contribution >= 4 is 11.6 Å². The molecule has 1 atom stereocenters. The van der Waals surface area contributed by atoms with Gasteiger partial charge in [-0.2, -0.15) is 0 Å². The molecule has 0 saturated heterocycles. The summed E-state index contributed by atoms with van der Waals surface area (Å²) >= 11 is 5.86. The molecular weight excluding hydrogens is 175 g/mol. The Labute approximate surface area is 77.4 Å². The molecular formula is C10H12ClF. The fourth-order valence-corrected chi connectivity index (χ4v) is 1.31. The fourth-order valence-electron chi connectivity index (χ4n) is 1.03. The third kappa shape index (κ3) is 1.78. The zero-order valence-corrected chi connectivity index (χ0v) is 8.24. The molecule has 0 saturated carbocycles. The molecule has 0 aromatic carbocycles. The average Bonchev–Trinajstić information content (AvgIpc) is 2.07. The largest absolute Gasteiger partial charge is 0.207 e. The summed E-state index contributed by atoms with van der Waals surface area (Å²) in [5.41, 5.74) is 1.53. The molecule has 0 N–H and O–H groups in total. The third-order valence-electron chi connectivity index (χ3n) is 2.19. The predicted octanol–water partition coefficient (Wildman–Crippen LogP) is 3.95. The Balaban J connectivity index is 3.17. The highest BCUT2D eigenvalue weighted by molar-refractivity contribution is 6.32. The van der Waals surface area contributed by atoms with Crippen LogP contribution in [0.5, 0.6) is 0 Å². The Morgan fingerprint density at radius 3 is 2.58 bits per heavy atom. The van der Waals surface area contributed by atoms with Crippen LogP contribution in [-0.4, -0.2) is 0 Å². The van der Waals surface area contributed by atoms with Crippen molar-refractivity contribution in [2.45, 2.75) is 20.8 Å². The topological polar surface area (TPSA) is 0 Å². The van der Waals surface area contributed by atoms with Crippen molar-refractivity contribution in [1.82, 2.24) is 0 Å². The predicted molar refractivity (Wildman–Crippen MR) is 50.7 cm³/mol. The highest BCUT2D eigenvalue weighted by Crippen LogP contribution is 2.28. The first-order chi connectivity index (χ1) is 5.52. The quantitative estimate of drug-likeness (QED) is 0.538. The van der Waals surface area contributed by atoms with Crippen LogP contribution in [0.25, 0.3) is 0 Å². The van der Waals surface area contributed by atoms with Crippen LogP contribution in [0, 0.1) is 5.92 Å². The van der Waals surface area contributed by atoms with Gasteiger partial charge in [0.25, 0.3) is 0 Å². The molecule has 0 amide bonds. The van der Waals surface area contributed by atoms with Gasteiger partial charge in [0.1, 0.15) is 5.83 Å². The molecule has 66 valence electrons. The molecule has 0 aromatic heterocycles. The highest BCUT2D eigenvalue weighted by Gasteiger charge is 2.11. The van der Waals surface area contributed by atoms with Gasteiger partial charge in [0.2, 0.25) is 0 Å². The van der Waals surface area contributed by atoms with Crippen molar-refractivity contribution in [2.75, 3.05) is 0 Å². The Morgan fingerprint density at radius 1 is 1.42 bits per heavy atom. The van der Waals surface area contributed by atoms with E-state index in [-0.39, 0.29) is 11.7 Å². The van der Waals surface area contributed by atoms with Crippen LogP contribution < -0.4 is 0 Å². The summed E-state index contributed by atoms with van der Waals surface area (Å²) in [6, 6.07) is 0. The minimum absolute atomic E-state index is 0.223. The molecule has 1 unspecified atom stereocenters. The molecule has 12 heavy (non-hydrogen) atoms. The Kier molecular flexibility index (Phi) is 2.73. The second-order valence-corrected chi connectivity index (χ2v) is 3.57. The number of hydrogen-bond acceptors (Lipinski definition) is 0. The van der Waals surface area contributed by atoms with Gasteiger partial charge in [-0.05, 0) is 25.8 Å². The molecule has 0 radical (unpaired) electrons. The fraction of sp³-hybridized carbons (Fsp3) is 0.400. The average molecular weight is 187 g/mol. The van der Waals surface area contributed by atoms with Crippen LogP contribution in [-0.2, 0) is 0 Å². The first kappa shape index (κ1) is 9.53.